The molecule has 0 spiro atoms. The lowest BCUT2D eigenvalue weighted by molar-refractivity contribution is -0.122. The summed E-state index contributed by atoms with van der Waals surface area (Å²) in [5.41, 5.74) is 2.78. The van der Waals surface area contributed by atoms with E-state index in [1.807, 2.05) is 0 Å². The number of hydrogen-bond acceptors (Lipinski definition) is 2. The molecule has 0 amide bonds. The molecule has 104 valence electrons. The summed E-state index contributed by atoms with van der Waals surface area (Å²) in [7, 11) is 3.33. The fourth-order valence-corrected chi connectivity index (χ4v) is 1.68. The molecule has 0 saturated heterocycles. The molecule has 0 aliphatic carbocycles. The third-order valence-corrected chi connectivity index (χ3v) is 2.78. The molecule has 0 aromatic rings. The van der Waals surface area contributed by atoms with Crippen molar-refractivity contribution in [3.8, 4) is 0 Å². The number of hydrogen-bond donors (Lipinski definition) is 0. The van der Waals surface area contributed by atoms with Crippen molar-refractivity contribution in [2.24, 2.45) is 5.92 Å². The lowest BCUT2D eigenvalue weighted by Crippen LogP contribution is -2.20. The van der Waals surface area contributed by atoms with Crippen LogP contribution in [0.15, 0.2) is 35.5 Å². The predicted molar refractivity (Wildman–Crippen MR) is 78.5 cm³/mol. The molecule has 0 aromatic heterocycles. The van der Waals surface area contributed by atoms with Crippen LogP contribution < -0.4 is 0 Å². The van der Waals surface area contributed by atoms with Crippen molar-refractivity contribution >= 4 is 0 Å². The zero-order valence-corrected chi connectivity index (χ0v) is 12.7. The van der Waals surface area contributed by atoms with Crippen molar-refractivity contribution in [3.05, 3.63) is 35.5 Å². The maximum absolute atomic E-state index is 5.21. The van der Waals surface area contributed by atoms with Crippen LogP contribution in [0.5, 0.6) is 0 Å². The normalized spacial score (nSPS) is 14.3. The summed E-state index contributed by atoms with van der Waals surface area (Å²) in [5.74, 6) is 0.252. The summed E-state index contributed by atoms with van der Waals surface area (Å²) >= 11 is 0. The van der Waals surface area contributed by atoms with Gasteiger partial charge in [0.05, 0.1) is 0 Å². The standard InChI is InChI=1S/C16H28O2/c1-13(2)9-7-10-14(3)11-8-12-15(4)16(17-5)18-6/h8-9,11-12,15-16H,7,10H2,1-6H3/b12-8+,14-11-. The van der Waals surface area contributed by atoms with E-state index in [1.165, 1.54) is 11.1 Å². The third kappa shape index (κ3) is 8.26. The molecule has 0 rings (SSSR count). The Morgan fingerprint density at radius 2 is 1.72 bits per heavy atom. The highest BCUT2D eigenvalue weighted by Gasteiger charge is 2.11. The Bertz CT molecular complexity index is 292. The molecule has 0 bridgehead atoms. The van der Waals surface area contributed by atoms with Crippen LogP contribution in [0.2, 0.25) is 0 Å². The Kier molecular flexibility index (Phi) is 9.62. The molecule has 0 saturated carbocycles. The Hall–Kier alpha value is -0.860. The summed E-state index contributed by atoms with van der Waals surface area (Å²) in [6, 6.07) is 0. The molecule has 0 aliphatic heterocycles. The van der Waals surface area contributed by atoms with Crippen LogP contribution in [-0.4, -0.2) is 20.5 Å². The first-order chi connectivity index (χ1) is 8.51. The smallest absolute Gasteiger partial charge is 0.162 e. The van der Waals surface area contributed by atoms with Crippen LogP contribution in [0.1, 0.15) is 40.5 Å². The molecule has 18 heavy (non-hydrogen) atoms. The molecular formula is C16H28O2. The molecule has 0 aromatic carbocycles. The van der Waals surface area contributed by atoms with Gasteiger partial charge < -0.3 is 9.47 Å². The zero-order valence-electron chi connectivity index (χ0n) is 12.7. The number of methoxy groups -OCH3 is 2. The summed E-state index contributed by atoms with van der Waals surface area (Å²) < 4.78 is 10.4. The van der Waals surface area contributed by atoms with Gasteiger partial charge in [-0.3, -0.25) is 0 Å². The first-order valence-electron chi connectivity index (χ1n) is 6.54. The first-order valence-corrected chi connectivity index (χ1v) is 6.54. The fourth-order valence-electron chi connectivity index (χ4n) is 1.68. The summed E-state index contributed by atoms with van der Waals surface area (Å²) in [6.45, 7) is 8.52. The van der Waals surface area contributed by atoms with Gasteiger partial charge in [0.2, 0.25) is 0 Å². The van der Waals surface area contributed by atoms with Crippen molar-refractivity contribution < 1.29 is 9.47 Å². The number of allylic oxidation sites excluding steroid dienone is 5. The minimum absolute atomic E-state index is 0.166. The second-order valence-electron chi connectivity index (χ2n) is 4.92. The summed E-state index contributed by atoms with van der Waals surface area (Å²) in [5, 5.41) is 0. The van der Waals surface area contributed by atoms with Crippen molar-refractivity contribution in [2.45, 2.75) is 46.8 Å². The highest BCUT2D eigenvalue weighted by Crippen LogP contribution is 2.11. The van der Waals surface area contributed by atoms with E-state index in [0.29, 0.717) is 0 Å². The van der Waals surface area contributed by atoms with Gasteiger partial charge in [-0.2, -0.15) is 0 Å². The predicted octanol–water partition coefficient (Wildman–Crippen LogP) is 4.49. The highest BCUT2D eigenvalue weighted by atomic mass is 16.7. The topological polar surface area (TPSA) is 18.5 Å². The van der Waals surface area contributed by atoms with E-state index in [2.05, 4.69) is 52.0 Å². The molecular weight excluding hydrogens is 224 g/mol. The summed E-state index contributed by atoms with van der Waals surface area (Å²) in [4.78, 5) is 0. The molecule has 1 atom stereocenters. The molecule has 0 aliphatic rings. The van der Waals surface area contributed by atoms with Crippen LogP contribution >= 0.6 is 0 Å². The Balaban J connectivity index is 4.15. The molecule has 0 N–H and O–H groups in total. The van der Waals surface area contributed by atoms with E-state index in [-0.39, 0.29) is 12.2 Å². The van der Waals surface area contributed by atoms with Gasteiger partial charge in [0.1, 0.15) is 0 Å². The van der Waals surface area contributed by atoms with Crippen LogP contribution in [0.25, 0.3) is 0 Å². The van der Waals surface area contributed by atoms with Crippen molar-refractivity contribution in [1.29, 1.82) is 0 Å². The zero-order chi connectivity index (χ0) is 14.0. The minimum atomic E-state index is -0.166. The second kappa shape index (κ2) is 10.1. The van der Waals surface area contributed by atoms with Crippen LogP contribution in [0.3, 0.4) is 0 Å². The molecule has 2 nitrogen and oxygen atoms in total. The molecule has 0 radical (unpaired) electrons. The van der Waals surface area contributed by atoms with Gasteiger partial charge in [-0.1, -0.05) is 42.4 Å². The number of rotatable bonds is 8. The first kappa shape index (κ1) is 17.1. The van der Waals surface area contributed by atoms with E-state index in [9.17, 15) is 0 Å². The van der Waals surface area contributed by atoms with Gasteiger partial charge in [0.15, 0.2) is 6.29 Å². The quantitative estimate of drug-likeness (QED) is 0.360. The largest absolute Gasteiger partial charge is 0.355 e. The van der Waals surface area contributed by atoms with E-state index >= 15 is 0 Å². The monoisotopic (exact) mass is 252 g/mol. The van der Waals surface area contributed by atoms with E-state index in [0.717, 1.165) is 12.8 Å². The van der Waals surface area contributed by atoms with Crippen LogP contribution in [-0.2, 0) is 9.47 Å². The van der Waals surface area contributed by atoms with Crippen molar-refractivity contribution in [3.63, 3.8) is 0 Å². The SMILES string of the molecule is COC(OC)C(C)/C=C/C=C(/C)CCC=C(C)C. The highest BCUT2D eigenvalue weighted by molar-refractivity contribution is 5.12. The maximum Gasteiger partial charge on any atom is 0.162 e. The Morgan fingerprint density at radius 1 is 1.11 bits per heavy atom. The van der Waals surface area contributed by atoms with Crippen LogP contribution in [0, 0.1) is 5.92 Å². The molecule has 0 heterocycles. The van der Waals surface area contributed by atoms with E-state index in [1.54, 1.807) is 14.2 Å². The molecule has 0 fully saturated rings. The maximum atomic E-state index is 5.21. The average molecular weight is 252 g/mol. The second-order valence-corrected chi connectivity index (χ2v) is 4.92. The van der Waals surface area contributed by atoms with Gasteiger partial charge in [0.25, 0.3) is 0 Å². The lowest BCUT2D eigenvalue weighted by atomic mass is 10.1. The van der Waals surface area contributed by atoms with Crippen molar-refractivity contribution in [1.82, 2.24) is 0 Å². The average Bonchev–Trinajstić information content (AvgIpc) is 2.30. The van der Waals surface area contributed by atoms with Crippen LogP contribution in [0.4, 0.5) is 0 Å². The van der Waals surface area contributed by atoms with E-state index in [4.69, 9.17) is 9.47 Å². The van der Waals surface area contributed by atoms with Gasteiger partial charge in [-0.15, -0.1) is 0 Å². The summed E-state index contributed by atoms with van der Waals surface area (Å²) in [6.07, 6.45) is 10.7. The van der Waals surface area contributed by atoms with E-state index < -0.39 is 0 Å². The minimum Gasteiger partial charge on any atom is -0.355 e. The Labute approximate surface area is 112 Å². The van der Waals surface area contributed by atoms with Gasteiger partial charge in [-0.25, -0.2) is 0 Å². The molecule has 1 unspecified atom stereocenters. The van der Waals surface area contributed by atoms with Gasteiger partial charge in [-0.05, 0) is 33.6 Å². The number of ether oxygens (including phenoxy) is 2. The van der Waals surface area contributed by atoms with Gasteiger partial charge in [0, 0.05) is 20.1 Å². The Morgan fingerprint density at radius 3 is 2.22 bits per heavy atom. The van der Waals surface area contributed by atoms with Gasteiger partial charge >= 0.3 is 0 Å². The third-order valence-electron chi connectivity index (χ3n) is 2.78. The fraction of sp³-hybridized carbons (Fsp3) is 0.625. The van der Waals surface area contributed by atoms with Crippen molar-refractivity contribution in [2.75, 3.05) is 14.2 Å². The lowest BCUT2D eigenvalue weighted by Gasteiger charge is -2.17. The molecule has 2 heteroatoms.